The van der Waals surface area contributed by atoms with E-state index in [2.05, 4.69) is 4.74 Å². The summed E-state index contributed by atoms with van der Waals surface area (Å²) >= 11 is 0. The highest BCUT2D eigenvalue weighted by molar-refractivity contribution is 5.73. The third kappa shape index (κ3) is 1.72. The summed E-state index contributed by atoms with van der Waals surface area (Å²) in [5.74, 6) is -0.672. The van der Waals surface area contributed by atoms with Gasteiger partial charge in [-0.1, -0.05) is 0 Å². The lowest BCUT2D eigenvalue weighted by molar-refractivity contribution is -0.146. The molecule has 0 spiro atoms. The normalized spacial score (nSPS) is 24.1. The van der Waals surface area contributed by atoms with Crippen LogP contribution in [0.5, 0.6) is 0 Å². The molecule has 56 valence electrons. The Balaban J connectivity index is 2.31. The molecule has 1 saturated heterocycles. The second-order valence-electron chi connectivity index (χ2n) is 2.12. The quantitative estimate of drug-likeness (QED) is 0.481. The zero-order valence-corrected chi connectivity index (χ0v) is 5.62. The average Bonchev–Trinajstić information content (AvgIpc) is 2.13. The van der Waals surface area contributed by atoms with E-state index in [4.69, 9.17) is 4.74 Å². The lowest BCUT2D eigenvalue weighted by Gasteiger charge is -2.04. The monoisotopic (exact) mass is 144 g/mol. The van der Waals surface area contributed by atoms with Gasteiger partial charge in [-0.05, 0) is 0 Å². The molecule has 0 aliphatic carbocycles. The van der Waals surface area contributed by atoms with E-state index in [-0.39, 0.29) is 31.1 Å². The van der Waals surface area contributed by atoms with Gasteiger partial charge < -0.3 is 9.47 Å². The molecule has 1 rings (SSSR count). The van der Waals surface area contributed by atoms with E-state index in [9.17, 15) is 9.59 Å². The molecule has 0 bridgehead atoms. The van der Waals surface area contributed by atoms with Crippen molar-refractivity contribution in [3.63, 3.8) is 0 Å². The number of rotatable bonds is 1. The van der Waals surface area contributed by atoms with E-state index in [0.29, 0.717) is 0 Å². The minimum atomic E-state index is -0.372. The first-order valence-corrected chi connectivity index (χ1v) is 3.01. The van der Waals surface area contributed by atoms with Gasteiger partial charge in [-0.25, -0.2) is 0 Å². The molecule has 1 fully saturated rings. The van der Waals surface area contributed by atoms with Crippen LogP contribution in [-0.2, 0) is 19.1 Å². The lowest BCUT2D eigenvalue weighted by Crippen LogP contribution is -2.15. The van der Waals surface area contributed by atoms with Crippen LogP contribution < -0.4 is 0 Å². The summed E-state index contributed by atoms with van der Waals surface area (Å²) < 4.78 is 9.25. The molecule has 1 aliphatic heterocycles. The van der Waals surface area contributed by atoms with Gasteiger partial charge in [0.25, 0.3) is 0 Å². The third-order valence-corrected chi connectivity index (χ3v) is 1.16. The molecule has 1 heterocycles. The molecular formula is C6H8O4. The summed E-state index contributed by atoms with van der Waals surface area (Å²) in [6.45, 7) is 1.52. The van der Waals surface area contributed by atoms with Gasteiger partial charge in [-0.2, -0.15) is 0 Å². The van der Waals surface area contributed by atoms with Crippen molar-refractivity contribution in [3.05, 3.63) is 0 Å². The Hall–Kier alpha value is -1.06. The second-order valence-corrected chi connectivity index (χ2v) is 2.12. The van der Waals surface area contributed by atoms with Crippen molar-refractivity contribution in [2.75, 3.05) is 6.61 Å². The molecule has 4 heteroatoms. The molecule has 1 aliphatic rings. The molecule has 0 amide bonds. The lowest BCUT2D eigenvalue weighted by atomic mass is 10.3. The average molecular weight is 144 g/mol. The Kier molecular flexibility index (Phi) is 1.89. The van der Waals surface area contributed by atoms with Crippen molar-refractivity contribution >= 4 is 11.9 Å². The first kappa shape index (κ1) is 7.05. The molecule has 0 unspecified atom stereocenters. The van der Waals surface area contributed by atoms with Gasteiger partial charge in [0.15, 0.2) is 0 Å². The number of cyclic esters (lactones) is 1. The fraction of sp³-hybridized carbons (Fsp3) is 0.667. The van der Waals surface area contributed by atoms with Crippen LogP contribution in [0.25, 0.3) is 0 Å². The van der Waals surface area contributed by atoms with Crippen molar-refractivity contribution in [2.45, 2.75) is 19.4 Å². The van der Waals surface area contributed by atoms with Crippen molar-refractivity contribution in [1.29, 1.82) is 0 Å². The Morgan fingerprint density at radius 3 is 2.90 bits per heavy atom. The van der Waals surface area contributed by atoms with Crippen molar-refractivity contribution < 1.29 is 19.1 Å². The summed E-state index contributed by atoms with van der Waals surface area (Å²) in [4.78, 5) is 20.7. The van der Waals surface area contributed by atoms with Crippen LogP contribution >= 0.6 is 0 Å². The molecule has 0 radical (unpaired) electrons. The Labute approximate surface area is 58.1 Å². The Bertz CT molecular complexity index is 163. The molecule has 1 atom stereocenters. The van der Waals surface area contributed by atoms with Crippen LogP contribution in [0.4, 0.5) is 0 Å². The number of carbonyl (C=O) groups excluding carboxylic acids is 2. The van der Waals surface area contributed by atoms with E-state index >= 15 is 0 Å². The Morgan fingerprint density at radius 2 is 2.50 bits per heavy atom. The maximum atomic E-state index is 10.4. The van der Waals surface area contributed by atoms with Crippen LogP contribution in [0.2, 0.25) is 0 Å². The highest BCUT2D eigenvalue weighted by Gasteiger charge is 2.25. The van der Waals surface area contributed by atoms with Crippen LogP contribution in [0.1, 0.15) is 13.3 Å². The van der Waals surface area contributed by atoms with E-state index < -0.39 is 0 Å². The minimum Gasteiger partial charge on any atom is -0.462 e. The summed E-state index contributed by atoms with van der Waals surface area (Å²) in [5, 5.41) is 0. The SMILES string of the molecule is CC(=O)O[C@H]1COC(=O)C1. The van der Waals surface area contributed by atoms with Gasteiger partial charge in [-0.3, -0.25) is 9.59 Å². The minimum absolute atomic E-state index is 0.194. The maximum Gasteiger partial charge on any atom is 0.309 e. The highest BCUT2D eigenvalue weighted by atomic mass is 16.6. The molecule has 0 aromatic heterocycles. The number of carbonyl (C=O) groups is 2. The van der Waals surface area contributed by atoms with Gasteiger partial charge in [0.05, 0.1) is 6.42 Å². The zero-order chi connectivity index (χ0) is 7.56. The van der Waals surface area contributed by atoms with Crippen molar-refractivity contribution in [2.24, 2.45) is 0 Å². The van der Waals surface area contributed by atoms with Crippen molar-refractivity contribution in [3.8, 4) is 0 Å². The highest BCUT2D eigenvalue weighted by Crippen LogP contribution is 2.09. The van der Waals surface area contributed by atoms with Crippen LogP contribution in [-0.4, -0.2) is 24.6 Å². The predicted octanol–water partition coefficient (Wildman–Crippen LogP) is -0.135. The standard InChI is InChI=1S/C6H8O4/c1-4(7)10-5-2-6(8)9-3-5/h5H,2-3H2,1H3/t5-/m1/s1. The van der Waals surface area contributed by atoms with Gasteiger partial charge in [0.2, 0.25) is 0 Å². The fourth-order valence-corrected chi connectivity index (χ4v) is 0.800. The smallest absolute Gasteiger partial charge is 0.309 e. The Morgan fingerprint density at radius 1 is 1.80 bits per heavy atom. The second kappa shape index (κ2) is 2.68. The van der Waals surface area contributed by atoms with E-state index in [0.717, 1.165) is 0 Å². The van der Waals surface area contributed by atoms with Gasteiger partial charge >= 0.3 is 11.9 Å². The molecule has 0 saturated carbocycles. The molecule has 4 nitrogen and oxygen atoms in total. The largest absolute Gasteiger partial charge is 0.462 e. The van der Waals surface area contributed by atoms with Crippen LogP contribution in [0.3, 0.4) is 0 Å². The van der Waals surface area contributed by atoms with Crippen LogP contribution in [0.15, 0.2) is 0 Å². The van der Waals surface area contributed by atoms with Crippen molar-refractivity contribution in [1.82, 2.24) is 0 Å². The summed E-state index contributed by atoms with van der Waals surface area (Å²) in [7, 11) is 0. The maximum absolute atomic E-state index is 10.4. The van der Waals surface area contributed by atoms with Gasteiger partial charge in [0.1, 0.15) is 12.7 Å². The van der Waals surface area contributed by atoms with E-state index in [1.807, 2.05) is 0 Å². The zero-order valence-electron chi connectivity index (χ0n) is 5.62. The molecule has 0 aromatic rings. The number of ether oxygens (including phenoxy) is 2. The number of hydrogen-bond donors (Lipinski definition) is 0. The molecule has 10 heavy (non-hydrogen) atoms. The third-order valence-electron chi connectivity index (χ3n) is 1.16. The summed E-state index contributed by atoms with van der Waals surface area (Å²) in [6.07, 6.45) is -0.162. The number of hydrogen-bond acceptors (Lipinski definition) is 4. The molecule has 0 aromatic carbocycles. The van der Waals surface area contributed by atoms with E-state index in [1.165, 1.54) is 6.92 Å². The van der Waals surface area contributed by atoms with E-state index in [1.54, 1.807) is 0 Å². The van der Waals surface area contributed by atoms with Gasteiger partial charge in [0, 0.05) is 6.92 Å². The van der Waals surface area contributed by atoms with Gasteiger partial charge in [-0.15, -0.1) is 0 Å². The fourth-order valence-electron chi connectivity index (χ4n) is 0.800. The first-order valence-electron chi connectivity index (χ1n) is 3.01. The molecular weight excluding hydrogens is 136 g/mol. The van der Waals surface area contributed by atoms with Crippen LogP contribution in [0, 0.1) is 0 Å². The molecule has 0 N–H and O–H groups in total. The first-order chi connectivity index (χ1) is 4.68. The number of esters is 2. The predicted molar refractivity (Wildman–Crippen MR) is 31.1 cm³/mol. The summed E-state index contributed by atoms with van der Waals surface area (Å²) in [6, 6.07) is 0. The topological polar surface area (TPSA) is 52.6 Å². The summed E-state index contributed by atoms with van der Waals surface area (Å²) in [5.41, 5.74) is 0.